The summed E-state index contributed by atoms with van der Waals surface area (Å²) >= 11 is 1.49. The van der Waals surface area contributed by atoms with E-state index in [2.05, 4.69) is 15.5 Å². The van der Waals surface area contributed by atoms with Gasteiger partial charge in [0.25, 0.3) is 0 Å². The molecule has 2 amide bonds. The van der Waals surface area contributed by atoms with Gasteiger partial charge in [0.05, 0.1) is 6.10 Å². The number of anilines is 1. The molecule has 2 N–H and O–H groups in total. The number of carbonyl (C=O) groups is 1. The van der Waals surface area contributed by atoms with Crippen LogP contribution in [0.3, 0.4) is 0 Å². The molecular weight excluding hydrogens is 288 g/mol. The van der Waals surface area contributed by atoms with Crippen LogP contribution in [0.15, 0.2) is 0 Å². The standard InChI is InChI=1S/C14H22N4O2S/c19-11-7-4-8-18(9-11)14(20)15-13-17-16-12(21-13)10-5-2-1-3-6-10/h10-11,19H,1-9H2,(H,15,17,20)/t11-/m1/s1. The first-order valence-electron chi connectivity index (χ1n) is 7.80. The summed E-state index contributed by atoms with van der Waals surface area (Å²) in [6, 6.07) is -0.180. The van der Waals surface area contributed by atoms with Gasteiger partial charge in [-0.05, 0) is 25.7 Å². The van der Waals surface area contributed by atoms with Crippen LogP contribution in [0.2, 0.25) is 0 Å². The maximum absolute atomic E-state index is 12.1. The van der Waals surface area contributed by atoms with Gasteiger partial charge in [0.2, 0.25) is 5.13 Å². The van der Waals surface area contributed by atoms with Crippen LogP contribution in [0.5, 0.6) is 0 Å². The summed E-state index contributed by atoms with van der Waals surface area (Å²) in [5, 5.41) is 22.4. The maximum Gasteiger partial charge on any atom is 0.323 e. The molecule has 1 aromatic heterocycles. The largest absolute Gasteiger partial charge is 0.391 e. The lowest BCUT2D eigenvalue weighted by atomic mass is 9.90. The van der Waals surface area contributed by atoms with Crippen molar-refractivity contribution in [1.29, 1.82) is 0 Å². The van der Waals surface area contributed by atoms with E-state index in [1.54, 1.807) is 4.90 Å². The third kappa shape index (κ3) is 3.71. The summed E-state index contributed by atoms with van der Waals surface area (Å²) in [7, 11) is 0. The van der Waals surface area contributed by atoms with E-state index >= 15 is 0 Å². The van der Waals surface area contributed by atoms with E-state index in [9.17, 15) is 9.90 Å². The molecule has 2 heterocycles. The van der Waals surface area contributed by atoms with E-state index in [1.165, 1.54) is 43.4 Å². The summed E-state index contributed by atoms with van der Waals surface area (Å²) in [4.78, 5) is 13.8. The minimum absolute atomic E-state index is 0.180. The van der Waals surface area contributed by atoms with E-state index < -0.39 is 6.10 Å². The number of aromatic nitrogens is 2. The van der Waals surface area contributed by atoms with Crippen LogP contribution in [0.4, 0.5) is 9.93 Å². The molecule has 7 heteroatoms. The molecular formula is C14H22N4O2S. The molecule has 3 rings (SSSR count). The lowest BCUT2D eigenvalue weighted by molar-refractivity contribution is 0.0883. The maximum atomic E-state index is 12.1. The van der Waals surface area contributed by atoms with Crippen molar-refractivity contribution >= 4 is 22.5 Å². The lowest BCUT2D eigenvalue weighted by Crippen LogP contribution is -2.44. The summed E-state index contributed by atoms with van der Waals surface area (Å²) in [5.74, 6) is 0.513. The van der Waals surface area contributed by atoms with Gasteiger partial charge >= 0.3 is 6.03 Å². The van der Waals surface area contributed by atoms with Crippen LogP contribution >= 0.6 is 11.3 Å². The SMILES string of the molecule is O=C(Nc1nnc(C2CCCCC2)s1)N1CCC[C@@H](O)C1. The molecule has 0 radical (unpaired) electrons. The Labute approximate surface area is 128 Å². The molecule has 1 saturated carbocycles. The van der Waals surface area contributed by atoms with Gasteiger partial charge in [-0.3, -0.25) is 5.32 Å². The van der Waals surface area contributed by atoms with Gasteiger partial charge in [-0.25, -0.2) is 4.79 Å². The number of likely N-dealkylation sites (tertiary alicyclic amines) is 1. The van der Waals surface area contributed by atoms with Crippen molar-refractivity contribution in [3.05, 3.63) is 5.01 Å². The van der Waals surface area contributed by atoms with Gasteiger partial charge in [0.15, 0.2) is 0 Å². The third-order valence-corrected chi connectivity index (χ3v) is 5.29. The van der Waals surface area contributed by atoms with E-state index in [-0.39, 0.29) is 6.03 Å². The van der Waals surface area contributed by atoms with Crippen LogP contribution < -0.4 is 5.32 Å². The molecule has 0 unspecified atom stereocenters. The van der Waals surface area contributed by atoms with Crippen molar-refractivity contribution in [2.45, 2.75) is 57.0 Å². The van der Waals surface area contributed by atoms with Crippen LogP contribution in [-0.4, -0.2) is 45.4 Å². The van der Waals surface area contributed by atoms with Crippen molar-refractivity contribution in [3.63, 3.8) is 0 Å². The number of rotatable bonds is 2. The van der Waals surface area contributed by atoms with Gasteiger partial charge in [0, 0.05) is 19.0 Å². The zero-order chi connectivity index (χ0) is 14.7. The fourth-order valence-electron chi connectivity index (χ4n) is 3.11. The lowest BCUT2D eigenvalue weighted by Gasteiger charge is -2.29. The second-order valence-electron chi connectivity index (χ2n) is 5.95. The topological polar surface area (TPSA) is 78.4 Å². The highest BCUT2D eigenvalue weighted by molar-refractivity contribution is 7.15. The molecule has 0 bridgehead atoms. The van der Waals surface area contributed by atoms with Gasteiger partial charge in [0.1, 0.15) is 5.01 Å². The van der Waals surface area contributed by atoms with E-state index in [0.717, 1.165) is 17.8 Å². The fourth-order valence-corrected chi connectivity index (χ4v) is 4.01. The molecule has 2 fully saturated rings. The Balaban J connectivity index is 1.57. The number of aliphatic hydroxyl groups is 1. The summed E-state index contributed by atoms with van der Waals surface area (Å²) in [5.41, 5.74) is 0. The Bertz CT molecular complexity index is 487. The fraction of sp³-hybridized carbons (Fsp3) is 0.786. The Hall–Kier alpha value is -1.21. The highest BCUT2D eigenvalue weighted by atomic mass is 32.1. The first-order chi connectivity index (χ1) is 10.2. The first kappa shape index (κ1) is 14.7. The Morgan fingerprint density at radius 2 is 2.00 bits per heavy atom. The molecule has 1 aliphatic heterocycles. The number of aliphatic hydroxyl groups excluding tert-OH is 1. The number of β-amino-alcohol motifs (C(OH)–C–C–N with tert-alkyl or cyclic N) is 1. The van der Waals surface area contributed by atoms with Crippen molar-refractivity contribution < 1.29 is 9.90 Å². The average molecular weight is 310 g/mol. The monoisotopic (exact) mass is 310 g/mol. The van der Waals surface area contributed by atoms with Gasteiger partial charge in [-0.15, -0.1) is 10.2 Å². The molecule has 116 valence electrons. The highest BCUT2D eigenvalue weighted by Gasteiger charge is 2.24. The van der Waals surface area contributed by atoms with Crippen molar-refractivity contribution in [1.82, 2.24) is 15.1 Å². The molecule has 0 aromatic carbocycles. The number of piperidine rings is 1. The number of amides is 2. The average Bonchev–Trinajstić information content (AvgIpc) is 2.97. The summed E-state index contributed by atoms with van der Waals surface area (Å²) in [6.45, 7) is 1.09. The second kappa shape index (κ2) is 6.70. The highest BCUT2D eigenvalue weighted by Crippen LogP contribution is 2.35. The number of hydrogen-bond donors (Lipinski definition) is 2. The zero-order valence-electron chi connectivity index (χ0n) is 12.1. The molecule has 0 spiro atoms. The summed E-state index contributed by atoms with van der Waals surface area (Å²) < 4.78 is 0. The van der Waals surface area contributed by atoms with Crippen molar-refractivity contribution in [3.8, 4) is 0 Å². The third-order valence-electron chi connectivity index (χ3n) is 4.29. The zero-order valence-corrected chi connectivity index (χ0v) is 12.9. The number of nitrogens with one attached hydrogen (secondary N) is 1. The van der Waals surface area contributed by atoms with Gasteiger partial charge in [-0.1, -0.05) is 30.6 Å². The predicted molar refractivity (Wildman–Crippen MR) is 81.6 cm³/mol. The minimum Gasteiger partial charge on any atom is -0.391 e. The summed E-state index contributed by atoms with van der Waals surface area (Å²) in [6.07, 6.45) is 7.41. The molecule has 6 nitrogen and oxygen atoms in total. The Morgan fingerprint density at radius 3 is 2.76 bits per heavy atom. The van der Waals surface area contributed by atoms with Crippen LogP contribution in [0.25, 0.3) is 0 Å². The smallest absolute Gasteiger partial charge is 0.323 e. The second-order valence-corrected chi connectivity index (χ2v) is 6.96. The Morgan fingerprint density at radius 1 is 1.19 bits per heavy atom. The first-order valence-corrected chi connectivity index (χ1v) is 8.61. The number of nitrogens with zero attached hydrogens (tertiary/aromatic N) is 3. The number of carbonyl (C=O) groups excluding carboxylic acids is 1. The van der Waals surface area contributed by atoms with Crippen LogP contribution in [0.1, 0.15) is 55.9 Å². The Kier molecular flexibility index (Phi) is 4.70. The molecule has 21 heavy (non-hydrogen) atoms. The minimum atomic E-state index is -0.406. The number of hydrogen-bond acceptors (Lipinski definition) is 5. The molecule has 1 aliphatic carbocycles. The van der Waals surface area contributed by atoms with Crippen LogP contribution in [0, 0.1) is 0 Å². The molecule has 1 atom stereocenters. The predicted octanol–water partition coefficient (Wildman–Crippen LogP) is 2.57. The molecule has 2 aliphatic rings. The number of urea groups is 1. The van der Waals surface area contributed by atoms with E-state index in [4.69, 9.17) is 0 Å². The quantitative estimate of drug-likeness (QED) is 0.880. The van der Waals surface area contributed by atoms with Gasteiger partial charge < -0.3 is 10.0 Å². The van der Waals surface area contributed by atoms with Crippen LogP contribution in [-0.2, 0) is 0 Å². The molecule has 1 saturated heterocycles. The van der Waals surface area contributed by atoms with E-state index in [0.29, 0.717) is 24.1 Å². The van der Waals surface area contributed by atoms with Crippen molar-refractivity contribution in [2.75, 3.05) is 18.4 Å². The normalized spacial score (nSPS) is 24.0. The van der Waals surface area contributed by atoms with Gasteiger partial charge in [-0.2, -0.15) is 0 Å². The van der Waals surface area contributed by atoms with Crippen molar-refractivity contribution in [2.24, 2.45) is 0 Å². The van der Waals surface area contributed by atoms with E-state index in [1.807, 2.05) is 0 Å². The molecule has 1 aromatic rings.